The summed E-state index contributed by atoms with van der Waals surface area (Å²) in [6, 6.07) is 3.96. The van der Waals surface area contributed by atoms with E-state index in [0.29, 0.717) is 23.7 Å². The van der Waals surface area contributed by atoms with Gasteiger partial charge in [-0.2, -0.15) is 0 Å². The van der Waals surface area contributed by atoms with E-state index in [4.69, 9.17) is 0 Å². The van der Waals surface area contributed by atoms with Crippen molar-refractivity contribution in [1.29, 1.82) is 0 Å². The van der Waals surface area contributed by atoms with Gasteiger partial charge in [0.2, 0.25) is 0 Å². The Morgan fingerprint density at radius 2 is 1.81 bits per heavy atom. The lowest BCUT2D eigenvalue weighted by molar-refractivity contribution is -0.00371. The maximum absolute atomic E-state index is 13.9. The highest BCUT2D eigenvalue weighted by Gasteiger charge is 2.55. The van der Waals surface area contributed by atoms with Crippen LogP contribution in [-0.2, 0) is 7.05 Å². The number of carbonyl (C=O) groups excluding carboxylic acids is 1. The highest BCUT2D eigenvalue weighted by molar-refractivity contribution is 5.93. The molecular formula is C20H22F2N4O. The summed E-state index contributed by atoms with van der Waals surface area (Å²) in [5.74, 6) is -0.804. The second-order valence-corrected chi connectivity index (χ2v) is 8.01. The monoisotopic (exact) mass is 372 g/mol. The number of likely N-dealkylation sites (tertiary alicyclic amines) is 1. The Balaban J connectivity index is 1.56. The van der Waals surface area contributed by atoms with Crippen molar-refractivity contribution in [3.05, 3.63) is 53.6 Å². The first kappa shape index (κ1) is 16.9. The molecule has 4 aliphatic heterocycles. The van der Waals surface area contributed by atoms with Gasteiger partial charge in [-0.3, -0.25) is 9.69 Å². The number of aryl methyl sites for hydroxylation is 1. The van der Waals surface area contributed by atoms with E-state index in [9.17, 15) is 13.6 Å². The number of benzene rings is 1. The predicted octanol–water partition coefficient (Wildman–Crippen LogP) is 2.40. The molecule has 4 saturated heterocycles. The fourth-order valence-electron chi connectivity index (χ4n) is 5.45. The molecule has 0 saturated carbocycles. The van der Waals surface area contributed by atoms with Crippen LogP contribution in [-0.4, -0.2) is 57.0 Å². The van der Waals surface area contributed by atoms with E-state index >= 15 is 0 Å². The lowest BCUT2D eigenvalue weighted by Gasteiger charge is -2.51. The molecular weight excluding hydrogens is 350 g/mol. The van der Waals surface area contributed by atoms with Gasteiger partial charge in [-0.25, -0.2) is 13.8 Å². The zero-order valence-corrected chi connectivity index (χ0v) is 15.2. The molecule has 0 radical (unpaired) electrons. The molecule has 1 aromatic heterocycles. The van der Waals surface area contributed by atoms with Crippen LogP contribution in [0.1, 0.15) is 34.8 Å². The number of aromatic nitrogens is 2. The molecule has 1 aromatic carbocycles. The van der Waals surface area contributed by atoms with Gasteiger partial charge in [-0.15, -0.1) is 0 Å². The lowest BCUT2D eigenvalue weighted by Crippen LogP contribution is -2.60. The molecule has 7 heteroatoms. The van der Waals surface area contributed by atoms with Crippen LogP contribution in [0.2, 0.25) is 0 Å². The zero-order valence-electron chi connectivity index (χ0n) is 15.2. The van der Waals surface area contributed by atoms with E-state index in [1.807, 2.05) is 11.9 Å². The molecule has 4 fully saturated rings. The molecule has 2 bridgehead atoms. The largest absolute Gasteiger partial charge is 0.332 e. The SMILES string of the molecule is Cn1cncc1C(=O)N1C[C@H](c2cc(F)cc(F)c2)[C@@H]2[C@H]1C1CCN2CC1. The number of fused-ring (bicyclic) bond motifs is 2. The van der Waals surface area contributed by atoms with Gasteiger partial charge in [0.1, 0.15) is 17.3 Å². The molecule has 1 amide bonds. The fraction of sp³-hybridized carbons (Fsp3) is 0.500. The van der Waals surface area contributed by atoms with Gasteiger partial charge in [0.25, 0.3) is 5.91 Å². The van der Waals surface area contributed by atoms with Crippen LogP contribution in [0.5, 0.6) is 0 Å². The number of hydrogen-bond acceptors (Lipinski definition) is 3. The smallest absolute Gasteiger partial charge is 0.272 e. The number of rotatable bonds is 2. The van der Waals surface area contributed by atoms with Crippen molar-refractivity contribution in [2.45, 2.75) is 30.8 Å². The Morgan fingerprint density at radius 1 is 1.11 bits per heavy atom. The van der Waals surface area contributed by atoms with E-state index in [1.54, 1.807) is 17.1 Å². The molecule has 0 spiro atoms. The third-order valence-corrected chi connectivity index (χ3v) is 6.60. The van der Waals surface area contributed by atoms with Crippen molar-refractivity contribution in [2.24, 2.45) is 13.0 Å². The summed E-state index contributed by atoms with van der Waals surface area (Å²) in [5, 5.41) is 0. The van der Waals surface area contributed by atoms with Crippen LogP contribution in [0.3, 0.4) is 0 Å². The second kappa shape index (κ2) is 6.12. The zero-order chi connectivity index (χ0) is 18.7. The fourth-order valence-corrected chi connectivity index (χ4v) is 5.45. The van der Waals surface area contributed by atoms with Crippen LogP contribution in [0.4, 0.5) is 8.78 Å². The molecule has 2 aromatic rings. The van der Waals surface area contributed by atoms with Gasteiger partial charge >= 0.3 is 0 Å². The van der Waals surface area contributed by atoms with Crippen molar-refractivity contribution in [3.8, 4) is 0 Å². The summed E-state index contributed by atoms with van der Waals surface area (Å²) in [4.78, 5) is 21.7. The first-order valence-electron chi connectivity index (χ1n) is 9.50. The first-order valence-corrected chi connectivity index (χ1v) is 9.50. The Hall–Kier alpha value is -2.28. The van der Waals surface area contributed by atoms with Gasteiger partial charge in [0, 0.05) is 31.6 Å². The summed E-state index contributed by atoms with van der Waals surface area (Å²) in [6.07, 6.45) is 5.35. The standard InChI is InChI=1S/C20H22F2N4O/c1-24-11-23-9-17(24)20(27)26-10-16(13-6-14(21)8-15(22)7-13)19-18(26)12-2-4-25(19)5-3-12/h6-9,11-12,16,18-19H,2-5,10H2,1H3/t16-,18-,19-/m1/s1. The summed E-state index contributed by atoms with van der Waals surface area (Å²) in [7, 11) is 1.81. The maximum Gasteiger partial charge on any atom is 0.272 e. The van der Waals surface area contributed by atoms with Crippen LogP contribution < -0.4 is 0 Å². The summed E-state index contributed by atoms with van der Waals surface area (Å²) in [6.45, 7) is 2.47. The minimum atomic E-state index is -0.561. The van der Waals surface area contributed by atoms with E-state index in [-0.39, 0.29) is 23.9 Å². The Bertz CT molecular complexity index is 870. The van der Waals surface area contributed by atoms with E-state index < -0.39 is 11.6 Å². The quantitative estimate of drug-likeness (QED) is 0.813. The second-order valence-electron chi connectivity index (χ2n) is 8.01. The third-order valence-electron chi connectivity index (χ3n) is 6.60. The highest BCUT2D eigenvalue weighted by Crippen LogP contribution is 2.47. The number of nitrogens with zero attached hydrogens (tertiary/aromatic N) is 4. The molecule has 0 N–H and O–H groups in total. The molecule has 4 aliphatic rings. The number of hydrogen-bond donors (Lipinski definition) is 0. The Morgan fingerprint density at radius 3 is 2.44 bits per heavy atom. The molecule has 142 valence electrons. The van der Waals surface area contributed by atoms with Crippen molar-refractivity contribution in [3.63, 3.8) is 0 Å². The number of halogens is 2. The lowest BCUT2D eigenvalue weighted by atomic mass is 9.75. The van der Waals surface area contributed by atoms with Gasteiger partial charge in [-0.05, 0) is 49.5 Å². The minimum Gasteiger partial charge on any atom is -0.332 e. The molecule has 0 aliphatic carbocycles. The van der Waals surface area contributed by atoms with E-state index in [0.717, 1.165) is 32.0 Å². The molecule has 27 heavy (non-hydrogen) atoms. The van der Waals surface area contributed by atoms with E-state index in [1.165, 1.54) is 12.1 Å². The summed E-state index contributed by atoms with van der Waals surface area (Å²) in [5.41, 5.74) is 1.20. The number of amides is 1. The van der Waals surface area contributed by atoms with Gasteiger partial charge in [0.05, 0.1) is 18.6 Å². The van der Waals surface area contributed by atoms with Crippen LogP contribution in [0.15, 0.2) is 30.7 Å². The molecule has 5 nitrogen and oxygen atoms in total. The normalized spacial score (nSPS) is 32.0. The Kier molecular flexibility index (Phi) is 3.82. The summed E-state index contributed by atoms with van der Waals surface area (Å²) < 4.78 is 29.5. The maximum atomic E-state index is 13.9. The third kappa shape index (κ3) is 2.59. The van der Waals surface area contributed by atoms with Gasteiger partial charge in [0.15, 0.2) is 0 Å². The average Bonchev–Trinajstić information content (AvgIpc) is 3.26. The van der Waals surface area contributed by atoms with E-state index in [2.05, 4.69) is 9.88 Å². The number of carbonyl (C=O) groups is 1. The van der Waals surface area contributed by atoms with Crippen molar-refractivity contribution in [1.82, 2.24) is 19.4 Å². The summed E-state index contributed by atoms with van der Waals surface area (Å²) >= 11 is 0. The highest BCUT2D eigenvalue weighted by atomic mass is 19.1. The molecule has 3 atom stereocenters. The molecule has 6 rings (SSSR count). The van der Waals surface area contributed by atoms with Crippen molar-refractivity contribution < 1.29 is 13.6 Å². The van der Waals surface area contributed by atoms with Crippen LogP contribution >= 0.6 is 0 Å². The average molecular weight is 372 g/mol. The molecule has 0 unspecified atom stereocenters. The van der Waals surface area contributed by atoms with Crippen LogP contribution in [0, 0.1) is 17.6 Å². The van der Waals surface area contributed by atoms with Gasteiger partial charge < -0.3 is 9.47 Å². The number of imidazole rings is 1. The number of piperidine rings is 3. The predicted molar refractivity (Wildman–Crippen MR) is 95.2 cm³/mol. The van der Waals surface area contributed by atoms with Crippen molar-refractivity contribution in [2.75, 3.05) is 19.6 Å². The van der Waals surface area contributed by atoms with Crippen molar-refractivity contribution >= 4 is 5.91 Å². The first-order chi connectivity index (χ1) is 13.0. The van der Waals surface area contributed by atoms with Gasteiger partial charge in [-0.1, -0.05) is 0 Å². The minimum absolute atomic E-state index is 0.0434. The topological polar surface area (TPSA) is 41.4 Å². The van der Waals surface area contributed by atoms with Crippen LogP contribution in [0.25, 0.3) is 0 Å². The molecule has 5 heterocycles. The Labute approximate surface area is 156 Å².